The molecule has 0 spiro atoms. The van der Waals surface area contributed by atoms with Gasteiger partial charge in [-0.25, -0.2) is 4.79 Å². The molecule has 5 rings (SSSR count). The Morgan fingerprint density at radius 3 is 2.83 bits per heavy atom. The summed E-state index contributed by atoms with van der Waals surface area (Å²) >= 11 is 0. The van der Waals surface area contributed by atoms with E-state index in [2.05, 4.69) is 33.8 Å². The van der Waals surface area contributed by atoms with Crippen LogP contribution in [-0.2, 0) is 0 Å². The molecule has 154 valence electrons. The van der Waals surface area contributed by atoms with Gasteiger partial charge in [0.25, 0.3) is 0 Å². The van der Waals surface area contributed by atoms with Gasteiger partial charge in [0.1, 0.15) is 5.58 Å². The highest BCUT2D eigenvalue weighted by Crippen LogP contribution is 2.27. The normalized spacial score (nSPS) is 15.7. The summed E-state index contributed by atoms with van der Waals surface area (Å²) in [5.41, 5.74) is 4.74. The molecule has 30 heavy (non-hydrogen) atoms. The predicted molar refractivity (Wildman–Crippen MR) is 120 cm³/mol. The van der Waals surface area contributed by atoms with Crippen molar-refractivity contribution in [2.75, 3.05) is 37.6 Å². The molecule has 0 bridgehead atoms. The lowest BCUT2D eigenvalue weighted by Crippen LogP contribution is -2.30. The molecule has 3 aromatic heterocycles. The molecular weight excluding hydrogens is 376 g/mol. The van der Waals surface area contributed by atoms with Crippen molar-refractivity contribution in [2.24, 2.45) is 0 Å². The van der Waals surface area contributed by atoms with Crippen molar-refractivity contribution in [1.82, 2.24) is 14.3 Å². The first-order valence-electron chi connectivity index (χ1n) is 10.6. The van der Waals surface area contributed by atoms with Crippen LogP contribution in [0.25, 0.3) is 27.6 Å². The number of nitrogens with zero attached hydrogens (tertiary/aromatic N) is 4. The average Bonchev–Trinajstić information content (AvgIpc) is 3.00. The Morgan fingerprint density at radius 1 is 1.07 bits per heavy atom. The third kappa shape index (κ3) is 3.48. The van der Waals surface area contributed by atoms with Crippen LogP contribution in [0.3, 0.4) is 0 Å². The quantitative estimate of drug-likeness (QED) is 0.486. The first kappa shape index (κ1) is 18.9. The molecule has 6 nitrogen and oxygen atoms in total. The van der Waals surface area contributed by atoms with Crippen LogP contribution in [0, 0.1) is 6.92 Å². The lowest BCUT2D eigenvalue weighted by molar-refractivity contribution is 0.310. The van der Waals surface area contributed by atoms with Crippen molar-refractivity contribution in [3.63, 3.8) is 0 Å². The monoisotopic (exact) mass is 402 g/mol. The molecule has 0 N–H and O–H groups in total. The molecule has 1 saturated heterocycles. The maximum atomic E-state index is 12.8. The van der Waals surface area contributed by atoms with Crippen LogP contribution in [0.2, 0.25) is 0 Å². The summed E-state index contributed by atoms with van der Waals surface area (Å²) in [6, 6.07) is 10.1. The van der Waals surface area contributed by atoms with E-state index < -0.39 is 0 Å². The first-order chi connectivity index (χ1) is 14.6. The van der Waals surface area contributed by atoms with Gasteiger partial charge in [-0.15, -0.1) is 0 Å². The van der Waals surface area contributed by atoms with Crippen molar-refractivity contribution < 1.29 is 4.42 Å². The van der Waals surface area contributed by atoms with Crippen LogP contribution in [0.5, 0.6) is 0 Å². The summed E-state index contributed by atoms with van der Waals surface area (Å²) in [5, 5.41) is 0.933. The number of hydrogen-bond donors (Lipinski definition) is 0. The van der Waals surface area contributed by atoms with Crippen molar-refractivity contribution in [2.45, 2.75) is 20.3 Å². The lowest BCUT2D eigenvalue weighted by Gasteiger charge is -2.23. The van der Waals surface area contributed by atoms with Gasteiger partial charge < -0.3 is 18.6 Å². The topological polar surface area (TPSA) is 54.0 Å². The highest BCUT2D eigenvalue weighted by Gasteiger charge is 2.16. The van der Waals surface area contributed by atoms with Gasteiger partial charge in [-0.1, -0.05) is 6.92 Å². The fraction of sp³-hybridized carbons (Fsp3) is 0.333. The largest absolute Gasteiger partial charge is 0.422 e. The minimum Gasteiger partial charge on any atom is -0.422 e. The summed E-state index contributed by atoms with van der Waals surface area (Å²) < 4.78 is 7.74. The molecule has 1 fully saturated rings. The lowest BCUT2D eigenvalue weighted by atomic mass is 10.1. The standard InChI is InChI=1S/C24H26N4O2/c1-3-26-7-4-8-27(10-9-26)20-6-5-18-12-22(24(29)30-23(18)13-20)19-11-21-14-25-17(2)15-28(21)16-19/h5-6,11-16H,3-4,7-10H2,1-2H3. The molecule has 4 heterocycles. The molecule has 1 aliphatic heterocycles. The van der Waals surface area contributed by atoms with E-state index in [0.717, 1.165) is 67.0 Å². The minimum absolute atomic E-state index is 0.312. The molecule has 0 aliphatic carbocycles. The number of benzene rings is 1. The fourth-order valence-electron chi connectivity index (χ4n) is 4.30. The van der Waals surface area contributed by atoms with Crippen molar-refractivity contribution in [1.29, 1.82) is 0 Å². The number of aryl methyl sites for hydroxylation is 1. The van der Waals surface area contributed by atoms with Gasteiger partial charge in [-0.3, -0.25) is 4.98 Å². The summed E-state index contributed by atoms with van der Waals surface area (Å²) in [6.07, 6.45) is 6.86. The second kappa shape index (κ2) is 7.61. The third-order valence-corrected chi connectivity index (χ3v) is 6.04. The van der Waals surface area contributed by atoms with E-state index in [9.17, 15) is 4.79 Å². The second-order valence-electron chi connectivity index (χ2n) is 8.03. The molecule has 6 heteroatoms. The Labute approximate surface area is 175 Å². The molecule has 0 atom stereocenters. The van der Waals surface area contributed by atoms with E-state index in [0.29, 0.717) is 11.1 Å². The van der Waals surface area contributed by atoms with E-state index in [4.69, 9.17) is 4.42 Å². The molecule has 0 saturated carbocycles. The second-order valence-corrected chi connectivity index (χ2v) is 8.03. The van der Waals surface area contributed by atoms with Crippen molar-refractivity contribution in [3.8, 4) is 11.1 Å². The maximum absolute atomic E-state index is 12.8. The smallest absolute Gasteiger partial charge is 0.344 e. The highest BCUT2D eigenvalue weighted by molar-refractivity contribution is 5.85. The van der Waals surface area contributed by atoms with Gasteiger partial charge in [0.2, 0.25) is 0 Å². The average molecular weight is 402 g/mol. The van der Waals surface area contributed by atoms with Gasteiger partial charge >= 0.3 is 5.63 Å². The van der Waals surface area contributed by atoms with Crippen LogP contribution < -0.4 is 10.5 Å². The van der Waals surface area contributed by atoms with Gasteiger partial charge in [-0.05, 0) is 50.7 Å². The molecule has 1 aliphatic rings. The predicted octanol–water partition coefficient (Wildman–Crippen LogP) is 3.95. The Balaban J connectivity index is 1.50. The van der Waals surface area contributed by atoms with E-state index in [1.807, 2.05) is 48.1 Å². The molecular formula is C24H26N4O2. The summed E-state index contributed by atoms with van der Waals surface area (Å²) in [4.78, 5) is 22.0. The number of fused-ring (bicyclic) bond motifs is 2. The van der Waals surface area contributed by atoms with E-state index in [1.54, 1.807) is 0 Å². The van der Waals surface area contributed by atoms with Gasteiger partial charge in [-0.2, -0.15) is 0 Å². The number of hydrogen-bond acceptors (Lipinski definition) is 5. The Kier molecular flexibility index (Phi) is 4.79. The SMILES string of the molecule is CCN1CCCN(c2ccc3cc(-c4cc5cnc(C)cn5c4)c(=O)oc3c2)CC1. The van der Waals surface area contributed by atoms with E-state index in [-0.39, 0.29) is 5.63 Å². The number of anilines is 1. The van der Waals surface area contributed by atoms with Crippen LogP contribution >= 0.6 is 0 Å². The maximum Gasteiger partial charge on any atom is 0.344 e. The fourth-order valence-corrected chi connectivity index (χ4v) is 4.30. The van der Waals surface area contributed by atoms with Gasteiger partial charge in [0.15, 0.2) is 0 Å². The van der Waals surface area contributed by atoms with E-state index in [1.165, 1.54) is 0 Å². The molecule has 0 unspecified atom stereocenters. The molecule has 0 amide bonds. The molecule has 0 radical (unpaired) electrons. The van der Waals surface area contributed by atoms with E-state index >= 15 is 0 Å². The zero-order valence-corrected chi connectivity index (χ0v) is 17.5. The van der Waals surface area contributed by atoms with Gasteiger partial charge in [0.05, 0.1) is 23.0 Å². The zero-order valence-electron chi connectivity index (χ0n) is 17.5. The minimum atomic E-state index is -0.312. The molecule has 4 aromatic rings. The van der Waals surface area contributed by atoms with Crippen LogP contribution in [0.15, 0.2) is 58.1 Å². The van der Waals surface area contributed by atoms with Gasteiger partial charge in [0, 0.05) is 54.7 Å². The Morgan fingerprint density at radius 2 is 1.97 bits per heavy atom. The van der Waals surface area contributed by atoms with Crippen molar-refractivity contribution >= 4 is 22.2 Å². The van der Waals surface area contributed by atoms with Crippen LogP contribution in [0.1, 0.15) is 19.0 Å². The third-order valence-electron chi connectivity index (χ3n) is 6.04. The van der Waals surface area contributed by atoms with Crippen LogP contribution in [0.4, 0.5) is 5.69 Å². The Bertz CT molecular complexity index is 1270. The van der Waals surface area contributed by atoms with Crippen molar-refractivity contribution in [3.05, 3.63) is 65.0 Å². The summed E-state index contributed by atoms with van der Waals surface area (Å²) in [7, 11) is 0. The summed E-state index contributed by atoms with van der Waals surface area (Å²) in [6.45, 7) is 9.47. The summed E-state index contributed by atoms with van der Waals surface area (Å²) in [5.74, 6) is 0. The first-order valence-corrected chi connectivity index (χ1v) is 10.6. The molecule has 1 aromatic carbocycles. The number of likely N-dealkylation sites (N-methyl/N-ethyl adjacent to an activating group) is 1. The van der Waals surface area contributed by atoms with Crippen LogP contribution in [-0.4, -0.2) is 47.0 Å². The zero-order chi connectivity index (χ0) is 20.7. The number of rotatable bonds is 3. The Hall–Kier alpha value is -3.12. The number of aromatic nitrogens is 2. The highest BCUT2D eigenvalue weighted by atomic mass is 16.4.